The molecule has 0 saturated carbocycles. The van der Waals surface area contributed by atoms with Crippen LogP contribution in [0.25, 0.3) is 0 Å². The number of primary amides is 1. The Morgan fingerprint density at radius 3 is 2.06 bits per heavy atom. The van der Waals surface area contributed by atoms with Crippen LogP contribution in [0.3, 0.4) is 0 Å². The van der Waals surface area contributed by atoms with Gasteiger partial charge >= 0.3 is 0 Å². The van der Waals surface area contributed by atoms with Crippen molar-refractivity contribution < 1.29 is 18.3 Å². The molecule has 0 aromatic heterocycles. The van der Waals surface area contributed by atoms with Crippen molar-refractivity contribution in [1.82, 2.24) is 4.31 Å². The van der Waals surface area contributed by atoms with Gasteiger partial charge in [-0.15, -0.1) is 0 Å². The summed E-state index contributed by atoms with van der Waals surface area (Å²) >= 11 is 5.93. The second kappa shape index (κ2) is 9.42. The normalized spacial score (nSPS) is 13.2. The van der Waals surface area contributed by atoms with E-state index in [-0.39, 0.29) is 11.4 Å². The zero-order chi connectivity index (χ0) is 23.5. The van der Waals surface area contributed by atoms with Crippen LogP contribution in [0.1, 0.15) is 36.6 Å². The summed E-state index contributed by atoms with van der Waals surface area (Å²) in [4.78, 5) is 12.5. The number of halogens is 1. The first-order valence-electron chi connectivity index (χ1n) is 9.93. The Labute approximate surface area is 193 Å². The molecule has 0 heterocycles. The first-order chi connectivity index (χ1) is 15.0. The molecule has 3 N–H and O–H groups in total. The van der Waals surface area contributed by atoms with Gasteiger partial charge in [0, 0.05) is 11.6 Å². The van der Waals surface area contributed by atoms with Gasteiger partial charge in [0.1, 0.15) is 6.04 Å². The molecule has 6 nitrogen and oxygen atoms in total. The number of hydrogen-bond acceptors (Lipinski definition) is 4. The molecule has 1 amide bonds. The van der Waals surface area contributed by atoms with E-state index in [0.29, 0.717) is 21.7 Å². The highest BCUT2D eigenvalue weighted by Gasteiger charge is 2.36. The van der Waals surface area contributed by atoms with E-state index in [2.05, 4.69) is 0 Å². The van der Waals surface area contributed by atoms with Crippen LogP contribution in [0.5, 0.6) is 0 Å². The SMILES string of the molecule is CC(C)(O)c1ccc(CN(C(C(N)=O)c2ccccc2)S(=O)(=O)c2ccc(Cl)cc2)cc1. The first kappa shape index (κ1) is 23.9. The fraction of sp³-hybridized carbons (Fsp3) is 0.208. The fourth-order valence-electron chi connectivity index (χ4n) is 3.36. The molecule has 8 heteroatoms. The number of amides is 1. The van der Waals surface area contributed by atoms with Crippen molar-refractivity contribution in [3.05, 3.63) is 101 Å². The number of rotatable bonds is 8. The molecule has 3 aromatic rings. The third-order valence-electron chi connectivity index (χ3n) is 5.09. The maximum atomic E-state index is 13.6. The minimum absolute atomic E-state index is 0.00260. The van der Waals surface area contributed by atoms with E-state index in [9.17, 15) is 18.3 Å². The summed E-state index contributed by atoms with van der Waals surface area (Å²) in [5.41, 5.74) is 6.45. The van der Waals surface area contributed by atoms with Gasteiger partial charge in [0.15, 0.2) is 0 Å². The maximum Gasteiger partial charge on any atom is 0.244 e. The minimum atomic E-state index is -4.12. The standard InChI is InChI=1S/C24H25ClN2O4S/c1-24(2,29)19-10-8-17(9-11-19)16-27(22(23(26)28)18-6-4-3-5-7-18)32(30,31)21-14-12-20(25)13-15-21/h3-15,22,29H,16H2,1-2H3,(H2,26,28). The van der Waals surface area contributed by atoms with Crippen LogP contribution in [-0.2, 0) is 27.0 Å². The molecule has 0 saturated heterocycles. The molecule has 3 rings (SSSR count). The molecule has 0 aliphatic rings. The van der Waals surface area contributed by atoms with Crippen LogP contribution in [0.4, 0.5) is 0 Å². The van der Waals surface area contributed by atoms with E-state index in [0.717, 1.165) is 4.31 Å². The van der Waals surface area contributed by atoms with Crippen molar-refractivity contribution in [3.8, 4) is 0 Å². The van der Waals surface area contributed by atoms with Crippen LogP contribution >= 0.6 is 11.6 Å². The van der Waals surface area contributed by atoms with Gasteiger partial charge in [-0.25, -0.2) is 8.42 Å². The lowest BCUT2D eigenvalue weighted by Crippen LogP contribution is -2.41. The van der Waals surface area contributed by atoms with Crippen molar-refractivity contribution in [2.24, 2.45) is 5.73 Å². The highest BCUT2D eigenvalue weighted by Crippen LogP contribution is 2.31. The Morgan fingerprint density at radius 2 is 1.56 bits per heavy atom. The molecule has 0 bridgehead atoms. The molecule has 0 aliphatic carbocycles. The Kier molecular flexibility index (Phi) is 7.05. The third-order valence-corrected chi connectivity index (χ3v) is 7.17. The number of benzene rings is 3. The Hall–Kier alpha value is -2.71. The molecule has 1 unspecified atom stereocenters. The van der Waals surface area contributed by atoms with Crippen molar-refractivity contribution in [2.75, 3.05) is 0 Å². The molecular formula is C24H25ClN2O4S. The predicted octanol–water partition coefficient (Wildman–Crippen LogP) is 3.98. The molecular weight excluding hydrogens is 448 g/mol. The van der Waals surface area contributed by atoms with Gasteiger partial charge in [-0.05, 0) is 54.8 Å². The smallest absolute Gasteiger partial charge is 0.244 e. The summed E-state index contributed by atoms with van der Waals surface area (Å²) in [6.45, 7) is 3.23. The molecule has 0 radical (unpaired) electrons. The summed E-state index contributed by atoms with van der Waals surface area (Å²) in [6, 6.07) is 20.0. The molecule has 0 aliphatic heterocycles. The van der Waals surface area contributed by atoms with E-state index < -0.39 is 27.6 Å². The maximum absolute atomic E-state index is 13.6. The van der Waals surface area contributed by atoms with Gasteiger partial charge in [0.05, 0.1) is 10.5 Å². The monoisotopic (exact) mass is 472 g/mol. The lowest BCUT2D eigenvalue weighted by atomic mass is 9.97. The molecule has 0 fully saturated rings. The fourth-order valence-corrected chi connectivity index (χ4v) is 5.06. The Morgan fingerprint density at radius 1 is 1.00 bits per heavy atom. The number of aliphatic hydroxyl groups is 1. The number of hydrogen-bond donors (Lipinski definition) is 2. The van der Waals surface area contributed by atoms with Crippen LogP contribution < -0.4 is 5.73 Å². The van der Waals surface area contributed by atoms with E-state index in [1.165, 1.54) is 24.3 Å². The number of carbonyl (C=O) groups is 1. The van der Waals surface area contributed by atoms with Crippen molar-refractivity contribution >= 4 is 27.5 Å². The van der Waals surface area contributed by atoms with Gasteiger partial charge in [0.25, 0.3) is 0 Å². The number of sulfonamides is 1. The van der Waals surface area contributed by atoms with E-state index in [1.54, 1.807) is 68.4 Å². The summed E-state index contributed by atoms with van der Waals surface area (Å²) in [6.07, 6.45) is 0. The number of carbonyl (C=O) groups excluding carboxylic acids is 1. The first-order valence-corrected chi connectivity index (χ1v) is 11.8. The lowest BCUT2D eigenvalue weighted by molar-refractivity contribution is -0.122. The largest absolute Gasteiger partial charge is 0.386 e. The highest BCUT2D eigenvalue weighted by atomic mass is 35.5. The van der Waals surface area contributed by atoms with Gasteiger partial charge < -0.3 is 10.8 Å². The van der Waals surface area contributed by atoms with Gasteiger partial charge in [0.2, 0.25) is 15.9 Å². The van der Waals surface area contributed by atoms with Crippen LogP contribution in [0.2, 0.25) is 5.02 Å². The zero-order valence-corrected chi connectivity index (χ0v) is 19.3. The van der Waals surface area contributed by atoms with E-state index >= 15 is 0 Å². The van der Waals surface area contributed by atoms with Crippen molar-refractivity contribution in [1.29, 1.82) is 0 Å². The second-order valence-corrected chi connectivity index (χ2v) is 10.3. The molecule has 32 heavy (non-hydrogen) atoms. The topological polar surface area (TPSA) is 101 Å². The van der Waals surface area contributed by atoms with Crippen molar-refractivity contribution in [3.63, 3.8) is 0 Å². The van der Waals surface area contributed by atoms with Gasteiger partial charge in [-0.1, -0.05) is 66.2 Å². The average Bonchev–Trinajstić information content (AvgIpc) is 2.74. The zero-order valence-electron chi connectivity index (χ0n) is 17.8. The van der Waals surface area contributed by atoms with Crippen LogP contribution in [-0.4, -0.2) is 23.7 Å². The molecule has 0 spiro atoms. The number of nitrogens with two attached hydrogens (primary N) is 1. The minimum Gasteiger partial charge on any atom is -0.386 e. The summed E-state index contributed by atoms with van der Waals surface area (Å²) in [5.74, 6) is -0.790. The second-order valence-electron chi connectivity index (χ2n) is 7.98. The summed E-state index contributed by atoms with van der Waals surface area (Å²) in [7, 11) is -4.12. The Balaban J connectivity index is 2.10. The van der Waals surface area contributed by atoms with Gasteiger partial charge in [-0.3, -0.25) is 4.79 Å². The summed E-state index contributed by atoms with van der Waals surface area (Å²) < 4.78 is 28.3. The molecule has 3 aromatic carbocycles. The molecule has 1 atom stereocenters. The van der Waals surface area contributed by atoms with Gasteiger partial charge in [-0.2, -0.15) is 4.31 Å². The summed E-state index contributed by atoms with van der Waals surface area (Å²) in [5, 5.41) is 10.6. The quantitative estimate of drug-likeness (QED) is 0.517. The van der Waals surface area contributed by atoms with Crippen LogP contribution in [0.15, 0.2) is 83.8 Å². The average molecular weight is 473 g/mol. The van der Waals surface area contributed by atoms with Crippen LogP contribution in [0, 0.1) is 0 Å². The Bertz CT molecular complexity index is 1170. The molecule has 168 valence electrons. The highest BCUT2D eigenvalue weighted by molar-refractivity contribution is 7.89. The third kappa shape index (κ3) is 5.37. The van der Waals surface area contributed by atoms with E-state index in [4.69, 9.17) is 17.3 Å². The number of nitrogens with zero attached hydrogens (tertiary/aromatic N) is 1. The lowest BCUT2D eigenvalue weighted by Gasteiger charge is -2.29. The van der Waals surface area contributed by atoms with Crippen molar-refractivity contribution in [2.45, 2.75) is 36.9 Å². The predicted molar refractivity (Wildman–Crippen MR) is 124 cm³/mol. The van der Waals surface area contributed by atoms with E-state index in [1.807, 2.05) is 0 Å².